The lowest BCUT2D eigenvalue weighted by molar-refractivity contribution is -0.160. The molecule has 1 unspecified atom stereocenters. The normalized spacial score (nSPS) is 13.2. The molecule has 1 aromatic carbocycles. The Bertz CT molecular complexity index is 412. The number of ketones is 1. The highest BCUT2D eigenvalue weighted by Gasteiger charge is 2.45. The first kappa shape index (κ1) is 13.4. The summed E-state index contributed by atoms with van der Waals surface area (Å²) < 4.78 is 39.5. The summed E-state index contributed by atoms with van der Waals surface area (Å²) in [7, 11) is 0. The third kappa shape index (κ3) is 2.94. The lowest BCUT2D eigenvalue weighted by atomic mass is 9.99. The van der Waals surface area contributed by atoms with Crippen molar-refractivity contribution in [1.82, 2.24) is 0 Å². The molecule has 0 amide bonds. The van der Waals surface area contributed by atoms with Crippen LogP contribution in [0.3, 0.4) is 0 Å². The van der Waals surface area contributed by atoms with Crippen molar-refractivity contribution in [2.24, 2.45) is 0 Å². The second kappa shape index (κ2) is 5.14. The molecule has 1 atom stereocenters. The predicted octanol–water partition coefficient (Wildman–Crippen LogP) is 2.64. The summed E-state index contributed by atoms with van der Waals surface area (Å²) in [5.74, 6) is -5.95. The number of halogens is 3. The summed E-state index contributed by atoms with van der Waals surface area (Å²) >= 11 is 0. The number of aliphatic hydroxyl groups excluding tert-OH is 1. The zero-order chi connectivity index (χ0) is 13.1. The first-order valence-electron chi connectivity index (χ1n) is 4.85. The third-order valence-electron chi connectivity index (χ3n) is 2.23. The van der Waals surface area contributed by atoms with Crippen LogP contribution in [0.15, 0.2) is 36.9 Å². The topological polar surface area (TPSA) is 37.3 Å². The molecule has 0 saturated heterocycles. The van der Waals surface area contributed by atoms with Gasteiger partial charge in [-0.25, -0.2) is 4.39 Å². The number of Topliss-reactive ketones (excluding diaryl/α,β-unsaturated/α-hetero) is 1. The average molecular weight is 244 g/mol. The molecular weight excluding hydrogens is 233 g/mol. The van der Waals surface area contributed by atoms with E-state index in [0.29, 0.717) is 0 Å². The Morgan fingerprint density at radius 1 is 1.41 bits per heavy atom. The van der Waals surface area contributed by atoms with E-state index >= 15 is 0 Å². The van der Waals surface area contributed by atoms with E-state index in [0.717, 1.165) is 30.3 Å². The van der Waals surface area contributed by atoms with Crippen LogP contribution in [0.1, 0.15) is 18.1 Å². The standard InChI is InChI=1S/C12H11F3O2/c1-2-3-10(16)12(14,15)11(17)8-4-6-9(13)7-5-8/h2,4-7,11,17H,1,3H2. The number of allylic oxidation sites excluding steroid dienone is 1. The molecule has 0 aromatic heterocycles. The minimum atomic E-state index is -3.91. The highest BCUT2D eigenvalue weighted by molar-refractivity contribution is 5.87. The van der Waals surface area contributed by atoms with Gasteiger partial charge in [-0.1, -0.05) is 18.2 Å². The molecule has 0 bridgehead atoms. The van der Waals surface area contributed by atoms with Gasteiger partial charge in [0.25, 0.3) is 0 Å². The van der Waals surface area contributed by atoms with E-state index in [4.69, 9.17) is 0 Å². The monoisotopic (exact) mass is 244 g/mol. The maximum atomic E-state index is 13.4. The van der Waals surface area contributed by atoms with Crippen LogP contribution in [0.2, 0.25) is 0 Å². The molecule has 0 aliphatic rings. The highest BCUT2D eigenvalue weighted by Crippen LogP contribution is 2.33. The van der Waals surface area contributed by atoms with Crippen LogP contribution in [0.4, 0.5) is 13.2 Å². The molecule has 0 aliphatic heterocycles. The molecular formula is C12H11F3O2. The minimum absolute atomic E-state index is 0.214. The van der Waals surface area contributed by atoms with Crippen molar-refractivity contribution in [2.45, 2.75) is 18.4 Å². The number of alkyl halides is 2. The summed E-state index contributed by atoms with van der Waals surface area (Å²) in [6, 6.07) is 3.89. The van der Waals surface area contributed by atoms with Gasteiger partial charge in [0.2, 0.25) is 5.78 Å². The summed E-state index contributed by atoms with van der Waals surface area (Å²) in [5, 5.41) is 9.41. The number of carbonyl (C=O) groups is 1. The molecule has 0 aliphatic carbocycles. The Morgan fingerprint density at radius 2 is 1.94 bits per heavy atom. The smallest absolute Gasteiger partial charge is 0.334 e. The summed E-state index contributed by atoms with van der Waals surface area (Å²) in [5.41, 5.74) is -0.214. The maximum absolute atomic E-state index is 13.4. The molecule has 0 spiro atoms. The number of carbonyl (C=O) groups excluding carboxylic acids is 1. The van der Waals surface area contributed by atoms with Gasteiger partial charge in [0, 0.05) is 6.42 Å². The van der Waals surface area contributed by atoms with Crippen LogP contribution in [-0.2, 0) is 4.79 Å². The summed E-state index contributed by atoms with van der Waals surface area (Å²) in [6.07, 6.45) is -1.78. The van der Waals surface area contributed by atoms with Crippen molar-refractivity contribution in [1.29, 1.82) is 0 Å². The van der Waals surface area contributed by atoms with Gasteiger partial charge >= 0.3 is 5.92 Å². The largest absolute Gasteiger partial charge is 0.382 e. The SMILES string of the molecule is C=CCC(=O)C(F)(F)C(O)c1ccc(F)cc1. The predicted molar refractivity (Wildman–Crippen MR) is 56.1 cm³/mol. The van der Waals surface area contributed by atoms with E-state index in [1.54, 1.807) is 0 Å². The average Bonchev–Trinajstić information content (AvgIpc) is 2.29. The molecule has 2 nitrogen and oxygen atoms in total. The fourth-order valence-corrected chi connectivity index (χ4v) is 1.27. The third-order valence-corrected chi connectivity index (χ3v) is 2.23. The van der Waals surface area contributed by atoms with Gasteiger partial charge in [-0.3, -0.25) is 4.79 Å². The lowest BCUT2D eigenvalue weighted by Gasteiger charge is -2.21. The molecule has 1 rings (SSSR count). The van der Waals surface area contributed by atoms with E-state index in [2.05, 4.69) is 6.58 Å². The van der Waals surface area contributed by atoms with E-state index in [1.165, 1.54) is 0 Å². The fourth-order valence-electron chi connectivity index (χ4n) is 1.27. The number of rotatable bonds is 5. The Kier molecular flexibility index (Phi) is 4.07. The van der Waals surface area contributed by atoms with Crippen LogP contribution < -0.4 is 0 Å². The van der Waals surface area contributed by atoms with Crippen molar-refractivity contribution < 1.29 is 23.1 Å². The van der Waals surface area contributed by atoms with Gasteiger partial charge in [-0.2, -0.15) is 8.78 Å². The molecule has 1 aromatic rings. The highest BCUT2D eigenvalue weighted by atomic mass is 19.3. The Hall–Kier alpha value is -1.62. The Labute approximate surface area is 96.4 Å². The number of hydrogen-bond acceptors (Lipinski definition) is 2. The molecule has 17 heavy (non-hydrogen) atoms. The maximum Gasteiger partial charge on any atom is 0.334 e. The van der Waals surface area contributed by atoms with E-state index in [9.17, 15) is 23.1 Å². The van der Waals surface area contributed by atoms with Crippen molar-refractivity contribution in [3.05, 3.63) is 48.3 Å². The first-order chi connectivity index (χ1) is 7.89. The van der Waals surface area contributed by atoms with Crippen LogP contribution in [0.5, 0.6) is 0 Å². The molecule has 0 heterocycles. The van der Waals surface area contributed by atoms with E-state index < -0.39 is 30.0 Å². The zero-order valence-electron chi connectivity index (χ0n) is 8.87. The van der Waals surface area contributed by atoms with Gasteiger partial charge in [0.05, 0.1) is 0 Å². The number of aliphatic hydroxyl groups is 1. The van der Waals surface area contributed by atoms with Crippen LogP contribution in [0.25, 0.3) is 0 Å². The quantitative estimate of drug-likeness (QED) is 0.808. The van der Waals surface area contributed by atoms with Crippen molar-refractivity contribution in [3.63, 3.8) is 0 Å². The molecule has 5 heteroatoms. The zero-order valence-corrected chi connectivity index (χ0v) is 8.87. The van der Waals surface area contributed by atoms with Crippen LogP contribution in [-0.4, -0.2) is 16.8 Å². The van der Waals surface area contributed by atoms with Gasteiger partial charge < -0.3 is 5.11 Å². The van der Waals surface area contributed by atoms with Crippen molar-refractivity contribution in [2.75, 3.05) is 0 Å². The van der Waals surface area contributed by atoms with Crippen molar-refractivity contribution >= 4 is 5.78 Å². The Morgan fingerprint density at radius 3 is 2.41 bits per heavy atom. The van der Waals surface area contributed by atoms with Gasteiger partial charge in [-0.15, -0.1) is 6.58 Å². The van der Waals surface area contributed by atoms with E-state index in [1.807, 2.05) is 0 Å². The number of benzene rings is 1. The molecule has 92 valence electrons. The minimum Gasteiger partial charge on any atom is -0.382 e. The lowest BCUT2D eigenvalue weighted by Crippen LogP contribution is -2.35. The second-order valence-electron chi connectivity index (χ2n) is 3.49. The molecule has 1 N–H and O–H groups in total. The number of hydrogen-bond donors (Lipinski definition) is 1. The first-order valence-corrected chi connectivity index (χ1v) is 4.85. The van der Waals surface area contributed by atoms with Gasteiger partial charge in [-0.05, 0) is 17.7 Å². The summed E-state index contributed by atoms with van der Waals surface area (Å²) in [4.78, 5) is 11.1. The molecule has 0 saturated carbocycles. The van der Waals surface area contributed by atoms with Crippen LogP contribution >= 0.6 is 0 Å². The fraction of sp³-hybridized carbons (Fsp3) is 0.250. The summed E-state index contributed by atoms with van der Waals surface area (Å²) in [6.45, 7) is 3.17. The van der Waals surface area contributed by atoms with Gasteiger partial charge in [0.15, 0.2) is 0 Å². The van der Waals surface area contributed by atoms with E-state index in [-0.39, 0.29) is 5.56 Å². The Balaban J connectivity index is 2.94. The van der Waals surface area contributed by atoms with Gasteiger partial charge in [0.1, 0.15) is 11.9 Å². The molecule has 0 radical (unpaired) electrons. The van der Waals surface area contributed by atoms with Crippen LogP contribution in [0, 0.1) is 5.82 Å². The second-order valence-corrected chi connectivity index (χ2v) is 3.49. The van der Waals surface area contributed by atoms with Crippen molar-refractivity contribution in [3.8, 4) is 0 Å². The molecule has 0 fully saturated rings.